The third-order valence-corrected chi connectivity index (χ3v) is 2.82. The van der Waals surface area contributed by atoms with Gasteiger partial charge in [-0.3, -0.25) is 9.79 Å². The molecule has 0 bridgehead atoms. The highest BCUT2D eigenvalue weighted by atomic mass is 16.1. The van der Waals surface area contributed by atoms with Gasteiger partial charge in [0.1, 0.15) is 5.82 Å². The number of guanidine groups is 1. The maximum absolute atomic E-state index is 11.8. The minimum absolute atomic E-state index is 0.144. The van der Waals surface area contributed by atoms with Crippen molar-refractivity contribution in [2.24, 2.45) is 10.7 Å². The minimum Gasteiger partial charge on any atom is -0.370 e. The lowest BCUT2D eigenvalue weighted by Gasteiger charge is -2.06. The largest absolute Gasteiger partial charge is 0.370 e. The van der Waals surface area contributed by atoms with Gasteiger partial charge in [-0.2, -0.15) is 0 Å². The van der Waals surface area contributed by atoms with Crippen molar-refractivity contribution in [3.63, 3.8) is 0 Å². The Morgan fingerprint density at radius 2 is 1.91 bits per heavy atom. The van der Waals surface area contributed by atoms with Gasteiger partial charge >= 0.3 is 0 Å². The van der Waals surface area contributed by atoms with Crippen molar-refractivity contribution in [1.29, 1.82) is 0 Å². The van der Waals surface area contributed by atoms with Gasteiger partial charge in [0.05, 0.1) is 6.54 Å². The predicted molar refractivity (Wildman–Crippen MR) is 88.8 cm³/mol. The zero-order valence-electron chi connectivity index (χ0n) is 12.4. The van der Waals surface area contributed by atoms with Gasteiger partial charge < -0.3 is 16.4 Å². The number of nitrogens with one attached hydrogen (secondary N) is 2. The SMILES string of the molecule is Cc1cccc(NC(=O)CCN=C(N)Nc2ccccc2)n1. The monoisotopic (exact) mass is 297 g/mol. The summed E-state index contributed by atoms with van der Waals surface area (Å²) in [7, 11) is 0. The van der Waals surface area contributed by atoms with E-state index in [1.807, 2.05) is 49.4 Å². The zero-order valence-corrected chi connectivity index (χ0v) is 12.4. The van der Waals surface area contributed by atoms with Crippen LogP contribution in [0.4, 0.5) is 11.5 Å². The average Bonchev–Trinajstić information content (AvgIpc) is 2.48. The Morgan fingerprint density at radius 1 is 1.14 bits per heavy atom. The van der Waals surface area contributed by atoms with Gasteiger partial charge in [0.2, 0.25) is 5.91 Å². The Morgan fingerprint density at radius 3 is 2.64 bits per heavy atom. The molecule has 0 saturated carbocycles. The maximum Gasteiger partial charge on any atom is 0.227 e. The van der Waals surface area contributed by atoms with Crippen LogP contribution in [0.2, 0.25) is 0 Å². The lowest BCUT2D eigenvalue weighted by molar-refractivity contribution is -0.116. The maximum atomic E-state index is 11.8. The molecule has 0 aliphatic heterocycles. The van der Waals surface area contributed by atoms with Crippen molar-refractivity contribution in [2.45, 2.75) is 13.3 Å². The molecule has 0 radical (unpaired) electrons. The molecule has 1 aromatic carbocycles. The summed E-state index contributed by atoms with van der Waals surface area (Å²) in [6.07, 6.45) is 0.243. The number of hydrogen-bond donors (Lipinski definition) is 3. The van der Waals surface area contributed by atoms with Crippen LogP contribution in [0.25, 0.3) is 0 Å². The summed E-state index contributed by atoms with van der Waals surface area (Å²) in [6.45, 7) is 2.18. The first-order valence-electron chi connectivity index (χ1n) is 6.99. The molecule has 114 valence electrons. The molecule has 4 N–H and O–H groups in total. The fourth-order valence-electron chi connectivity index (χ4n) is 1.80. The molecule has 0 aliphatic carbocycles. The van der Waals surface area contributed by atoms with Gasteiger partial charge in [-0.15, -0.1) is 0 Å². The van der Waals surface area contributed by atoms with Crippen LogP contribution in [0.15, 0.2) is 53.5 Å². The van der Waals surface area contributed by atoms with E-state index in [-0.39, 0.29) is 18.3 Å². The van der Waals surface area contributed by atoms with E-state index in [1.165, 1.54) is 0 Å². The molecule has 2 aromatic rings. The molecular weight excluding hydrogens is 278 g/mol. The first kappa shape index (κ1) is 15.5. The van der Waals surface area contributed by atoms with E-state index >= 15 is 0 Å². The number of benzene rings is 1. The standard InChI is InChI=1S/C16H19N5O/c1-12-6-5-9-14(19-12)21-15(22)10-11-18-16(17)20-13-7-3-2-4-8-13/h2-9H,10-11H2,1H3,(H3,17,18,20)(H,19,21,22). The fourth-order valence-corrected chi connectivity index (χ4v) is 1.80. The lowest BCUT2D eigenvalue weighted by Crippen LogP contribution is -2.23. The number of aliphatic imine (C=N–C) groups is 1. The van der Waals surface area contributed by atoms with Crippen LogP contribution >= 0.6 is 0 Å². The van der Waals surface area contributed by atoms with Crippen LogP contribution in [0.1, 0.15) is 12.1 Å². The Balaban J connectivity index is 1.77. The predicted octanol–water partition coefficient (Wildman–Crippen LogP) is 2.15. The number of anilines is 2. The Bertz CT molecular complexity index is 655. The number of carbonyl (C=O) groups excluding carboxylic acids is 1. The Labute approximate surface area is 129 Å². The van der Waals surface area contributed by atoms with E-state index in [4.69, 9.17) is 5.73 Å². The third-order valence-electron chi connectivity index (χ3n) is 2.82. The lowest BCUT2D eigenvalue weighted by atomic mass is 10.3. The number of para-hydroxylation sites is 1. The normalized spacial score (nSPS) is 11.0. The third kappa shape index (κ3) is 5.24. The highest BCUT2D eigenvalue weighted by Gasteiger charge is 2.03. The van der Waals surface area contributed by atoms with Gasteiger partial charge in [-0.1, -0.05) is 24.3 Å². The summed E-state index contributed by atoms with van der Waals surface area (Å²) in [5.41, 5.74) is 7.47. The average molecular weight is 297 g/mol. The molecule has 0 fully saturated rings. The van der Waals surface area contributed by atoms with Crippen molar-refractivity contribution in [3.05, 3.63) is 54.2 Å². The first-order valence-corrected chi connectivity index (χ1v) is 6.99. The molecule has 0 unspecified atom stereocenters. The molecule has 0 spiro atoms. The fraction of sp³-hybridized carbons (Fsp3) is 0.188. The molecule has 0 aliphatic rings. The summed E-state index contributed by atoms with van der Waals surface area (Å²) in [5, 5.41) is 5.68. The molecule has 6 heteroatoms. The van der Waals surface area contributed by atoms with Crippen LogP contribution in [-0.4, -0.2) is 23.4 Å². The second-order valence-electron chi connectivity index (χ2n) is 4.72. The van der Waals surface area contributed by atoms with E-state index < -0.39 is 0 Å². The zero-order chi connectivity index (χ0) is 15.8. The van der Waals surface area contributed by atoms with E-state index in [9.17, 15) is 4.79 Å². The molecule has 1 amide bonds. The number of pyridine rings is 1. The van der Waals surface area contributed by atoms with Crippen molar-refractivity contribution < 1.29 is 4.79 Å². The van der Waals surface area contributed by atoms with Gasteiger partial charge in [-0.25, -0.2) is 4.98 Å². The van der Waals surface area contributed by atoms with E-state index in [2.05, 4.69) is 20.6 Å². The molecule has 6 nitrogen and oxygen atoms in total. The molecule has 0 saturated heterocycles. The van der Waals surface area contributed by atoms with Gasteiger partial charge in [0.15, 0.2) is 5.96 Å². The number of nitrogens with zero attached hydrogens (tertiary/aromatic N) is 2. The smallest absolute Gasteiger partial charge is 0.227 e. The first-order chi connectivity index (χ1) is 10.6. The van der Waals surface area contributed by atoms with Crippen LogP contribution in [0, 0.1) is 6.92 Å². The molecule has 1 heterocycles. The second kappa shape index (κ2) is 7.78. The van der Waals surface area contributed by atoms with E-state index in [0.717, 1.165) is 11.4 Å². The van der Waals surface area contributed by atoms with Crippen molar-refractivity contribution >= 4 is 23.4 Å². The summed E-state index contributed by atoms with van der Waals surface area (Å²) in [6, 6.07) is 15.0. The van der Waals surface area contributed by atoms with Crippen LogP contribution in [0.3, 0.4) is 0 Å². The molecule has 2 rings (SSSR count). The minimum atomic E-state index is -0.144. The number of nitrogens with two attached hydrogens (primary N) is 1. The summed E-state index contributed by atoms with van der Waals surface area (Å²) >= 11 is 0. The summed E-state index contributed by atoms with van der Waals surface area (Å²) < 4.78 is 0. The number of hydrogen-bond acceptors (Lipinski definition) is 3. The van der Waals surface area contributed by atoms with Crippen LogP contribution < -0.4 is 16.4 Å². The molecule has 22 heavy (non-hydrogen) atoms. The molecular formula is C16H19N5O. The Kier molecular flexibility index (Phi) is 5.48. The van der Waals surface area contributed by atoms with Crippen molar-refractivity contribution in [1.82, 2.24) is 4.98 Å². The van der Waals surface area contributed by atoms with Crippen molar-refractivity contribution in [3.8, 4) is 0 Å². The molecule has 1 aromatic heterocycles. The van der Waals surface area contributed by atoms with Gasteiger partial charge in [0.25, 0.3) is 0 Å². The van der Waals surface area contributed by atoms with Gasteiger partial charge in [-0.05, 0) is 31.2 Å². The summed E-state index contributed by atoms with van der Waals surface area (Å²) in [5.74, 6) is 0.686. The number of carbonyl (C=O) groups is 1. The number of aromatic nitrogens is 1. The number of amides is 1. The quantitative estimate of drug-likeness (QED) is 0.582. The summed E-state index contributed by atoms with van der Waals surface area (Å²) in [4.78, 5) is 20.1. The highest BCUT2D eigenvalue weighted by molar-refractivity contribution is 5.93. The second-order valence-corrected chi connectivity index (χ2v) is 4.72. The van der Waals surface area contributed by atoms with E-state index in [0.29, 0.717) is 12.4 Å². The van der Waals surface area contributed by atoms with Crippen molar-refractivity contribution in [2.75, 3.05) is 17.2 Å². The van der Waals surface area contributed by atoms with Gasteiger partial charge in [0, 0.05) is 17.8 Å². The number of aryl methyl sites for hydroxylation is 1. The molecule has 0 atom stereocenters. The van der Waals surface area contributed by atoms with Crippen LogP contribution in [0.5, 0.6) is 0 Å². The topological polar surface area (TPSA) is 92.4 Å². The Hall–Kier alpha value is -2.89. The van der Waals surface area contributed by atoms with E-state index in [1.54, 1.807) is 6.07 Å². The van der Waals surface area contributed by atoms with Crippen LogP contribution in [-0.2, 0) is 4.79 Å². The number of rotatable bonds is 5. The highest BCUT2D eigenvalue weighted by Crippen LogP contribution is 2.05.